The van der Waals surface area contributed by atoms with Gasteiger partial charge in [-0.3, -0.25) is 0 Å². The molecule has 1 N–H and O–H groups in total. The Balaban J connectivity index is 2.30. The van der Waals surface area contributed by atoms with Gasteiger partial charge in [0.15, 0.2) is 0 Å². The first-order chi connectivity index (χ1) is 7.94. The minimum atomic E-state index is -3.45. The number of aryl methyl sites for hydroxylation is 1. The zero-order valence-corrected chi connectivity index (χ0v) is 10.6. The molecule has 1 aromatic rings. The summed E-state index contributed by atoms with van der Waals surface area (Å²) in [5.41, 5.74) is 1.08. The Morgan fingerprint density at radius 3 is 2.59 bits per heavy atom. The minimum Gasteiger partial charge on any atom is -0.208 e. The third-order valence-corrected chi connectivity index (χ3v) is 4.66. The molecule has 0 aromatic heterocycles. The van der Waals surface area contributed by atoms with Crippen molar-refractivity contribution in [2.45, 2.75) is 31.2 Å². The second kappa shape index (κ2) is 4.13. The summed E-state index contributed by atoms with van der Waals surface area (Å²) in [6.07, 6.45) is 0.897. The van der Waals surface area contributed by atoms with E-state index in [1.807, 2.05) is 13.0 Å². The average Bonchev–Trinajstić information content (AvgIpc) is 2.92. The van der Waals surface area contributed by atoms with E-state index >= 15 is 0 Å². The molecule has 90 valence electrons. The highest BCUT2D eigenvalue weighted by Crippen LogP contribution is 2.31. The first-order valence-corrected chi connectivity index (χ1v) is 6.95. The molecule has 0 bridgehead atoms. The van der Waals surface area contributed by atoms with E-state index in [0.717, 1.165) is 6.42 Å². The van der Waals surface area contributed by atoms with Crippen LogP contribution in [0.4, 0.5) is 0 Å². The summed E-state index contributed by atoms with van der Waals surface area (Å²) in [4.78, 5) is 0.260. The van der Waals surface area contributed by atoms with Gasteiger partial charge in [0.25, 0.3) is 0 Å². The van der Waals surface area contributed by atoms with Crippen molar-refractivity contribution in [1.82, 2.24) is 4.72 Å². The highest BCUT2D eigenvalue weighted by atomic mass is 32.2. The first kappa shape index (κ1) is 12.1. The molecule has 0 aliphatic heterocycles. The van der Waals surface area contributed by atoms with Crippen molar-refractivity contribution in [2.24, 2.45) is 5.92 Å². The summed E-state index contributed by atoms with van der Waals surface area (Å²) in [5, 5.41) is 8.73. The maximum atomic E-state index is 12.1. The summed E-state index contributed by atoms with van der Waals surface area (Å²) < 4.78 is 26.8. The van der Waals surface area contributed by atoms with Crippen LogP contribution in [0, 0.1) is 24.2 Å². The molecule has 2 unspecified atom stereocenters. The number of benzene rings is 1. The molecule has 2 rings (SSSR count). The molecule has 0 saturated heterocycles. The lowest BCUT2D eigenvalue weighted by Crippen LogP contribution is -2.27. The van der Waals surface area contributed by atoms with Crippen LogP contribution >= 0.6 is 0 Å². The van der Waals surface area contributed by atoms with Crippen molar-refractivity contribution in [3.63, 3.8) is 0 Å². The van der Waals surface area contributed by atoms with Crippen molar-refractivity contribution in [1.29, 1.82) is 5.26 Å². The van der Waals surface area contributed by atoms with Crippen molar-refractivity contribution >= 4 is 10.0 Å². The van der Waals surface area contributed by atoms with Gasteiger partial charge in [0.1, 0.15) is 0 Å². The number of nitriles is 1. The van der Waals surface area contributed by atoms with E-state index in [1.165, 1.54) is 12.1 Å². The van der Waals surface area contributed by atoms with Gasteiger partial charge in [0.05, 0.1) is 16.5 Å². The van der Waals surface area contributed by atoms with Gasteiger partial charge in [-0.2, -0.15) is 5.26 Å². The van der Waals surface area contributed by atoms with Crippen molar-refractivity contribution in [2.75, 3.05) is 0 Å². The average molecular weight is 250 g/mol. The van der Waals surface area contributed by atoms with Gasteiger partial charge in [-0.1, -0.05) is 6.92 Å². The fraction of sp³-hybridized carbons (Fsp3) is 0.417. The van der Waals surface area contributed by atoms with Gasteiger partial charge >= 0.3 is 0 Å². The fourth-order valence-electron chi connectivity index (χ4n) is 1.77. The van der Waals surface area contributed by atoms with Crippen molar-refractivity contribution in [3.8, 4) is 6.07 Å². The van der Waals surface area contributed by atoms with Crippen LogP contribution < -0.4 is 4.72 Å². The second-order valence-corrected chi connectivity index (χ2v) is 6.22. The lowest BCUT2D eigenvalue weighted by Gasteiger charge is -2.08. The Labute approximate surface area is 101 Å². The van der Waals surface area contributed by atoms with Crippen LogP contribution in [0.5, 0.6) is 0 Å². The molecule has 5 heteroatoms. The molecule has 0 amide bonds. The summed E-state index contributed by atoms with van der Waals surface area (Å²) in [7, 11) is -3.45. The Bertz CT molecular complexity index is 587. The monoisotopic (exact) mass is 250 g/mol. The van der Waals surface area contributed by atoms with Gasteiger partial charge in [0, 0.05) is 6.04 Å². The smallest absolute Gasteiger partial charge is 0.208 e. The topological polar surface area (TPSA) is 70.0 Å². The molecule has 0 heterocycles. The number of hydrogen-bond acceptors (Lipinski definition) is 3. The normalized spacial score (nSPS) is 23.1. The fourth-order valence-corrected chi connectivity index (χ4v) is 3.35. The van der Waals surface area contributed by atoms with Crippen LogP contribution in [-0.2, 0) is 10.0 Å². The van der Waals surface area contributed by atoms with E-state index in [2.05, 4.69) is 4.72 Å². The molecule has 4 nitrogen and oxygen atoms in total. The SMILES string of the molecule is Cc1cc(C#N)ccc1S(=O)(=O)NC1CC1C. The zero-order valence-electron chi connectivity index (χ0n) is 9.77. The van der Waals surface area contributed by atoms with Gasteiger partial charge < -0.3 is 0 Å². The highest BCUT2D eigenvalue weighted by Gasteiger charge is 2.36. The third kappa shape index (κ3) is 2.48. The molecule has 1 aliphatic carbocycles. The number of rotatable bonds is 3. The summed E-state index contributed by atoms with van der Waals surface area (Å²) in [6, 6.07) is 6.66. The van der Waals surface area contributed by atoms with E-state index in [9.17, 15) is 8.42 Å². The Hall–Kier alpha value is -1.38. The molecule has 17 heavy (non-hydrogen) atoms. The Kier molecular flexibility index (Phi) is 2.94. The van der Waals surface area contributed by atoms with Crippen LogP contribution in [0.3, 0.4) is 0 Å². The molecule has 1 aliphatic rings. The van der Waals surface area contributed by atoms with E-state index < -0.39 is 10.0 Å². The van der Waals surface area contributed by atoms with Crippen LogP contribution in [0.1, 0.15) is 24.5 Å². The van der Waals surface area contributed by atoms with Crippen LogP contribution in [0.25, 0.3) is 0 Å². The second-order valence-electron chi connectivity index (χ2n) is 4.53. The summed E-state index contributed by atoms with van der Waals surface area (Å²) in [5.74, 6) is 0.420. The predicted molar refractivity (Wildman–Crippen MR) is 63.8 cm³/mol. The summed E-state index contributed by atoms with van der Waals surface area (Å²) >= 11 is 0. The van der Waals surface area contributed by atoms with Crippen LogP contribution in [-0.4, -0.2) is 14.5 Å². The first-order valence-electron chi connectivity index (χ1n) is 5.47. The number of sulfonamides is 1. The molecular weight excluding hydrogens is 236 g/mol. The number of hydrogen-bond donors (Lipinski definition) is 1. The predicted octanol–water partition coefficient (Wildman–Crippen LogP) is 1.55. The molecule has 0 spiro atoms. The third-order valence-electron chi connectivity index (χ3n) is 3.01. The van der Waals surface area contributed by atoms with Gasteiger partial charge in [-0.05, 0) is 43.0 Å². The quantitative estimate of drug-likeness (QED) is 0.884. The number of nitrogens with one attached hydrogen (secondary N) is 1. The largest absolute Gasteiger partial charge is 0.241 e. The van der Waals surface area contributed by atoms with E-state index in [0.29, 0.717) is 17.0 Å². The van der Waals surface area contributed by atoms with E-state index in [4.69, 9.17) is 5.26 Å². The van der Waals surface area contributed by atoms with Crippen LogP contribution in [0.2, 0.25) is 0 Å². The zero-order chi connectivity index (χ0) is 12.6. The standard InChI is InChI=1S/C12H14N2O2S/c1-8-6-11(8)14-17(15,16)12-4-3-10(7-13)5-9(12)2/h3-5,8,11,14H,6H2,1-2H3. The lowest BCUT2D eigenvalue weighted by molar-refractivity contribution is 0.577. The number of nitrogens with zero attached hydrogens (tertiary/aromatic N) is 1. The van der Waals surface area contributed by atoms with Crippen molar-refractivity contribution < 1.29 is 8.42 Å². The maximum Gasteiger partial charge on any atom is 0.241 e. The molecule has 1 aromatic carbocycles. The van der Waals surface area contributed by atoms with Gasteiger partial charge in [-0.15, -0.1) is 0 Å². The van der Waals surface area contributed by atoms with E-state index in [-0.39, 0.29) is 10.9 Å². The van der Waals surface area contributed by atoms with Gasteiger partial charge in [-0.25, -0.2) is 13.1 Å². The van der Waals surface area contributed by atoms with E-state index in [1.54, 1.807) is 13.0 Å². The Morgan fingerprint density at radius 1 is 1.47 bits per heavy atom. The molecular formula is C12H14N2O2S. The van der Waals surface area contributed by atoms with Gasteiger partial charge in [0.2, 0.25) is 10.0 Å². The minimum absolute atomic E-state index is 0.0649. The Morgan fingerprint density at radius 2 is 2.12 bits per heavy atom. The summed E-state index contributed by atoms with van der Waals surface area (Å²) in [6.45, 7) is 3.71. The molecule has 0 radical (unpaired) electrons. The lowest BCUT2D eigenvalue weighted by atomic mass is 10.2. The van der Waals surface area contributed by atoms with Crippen LogP contribution in [0.15, 0.2) is 23.1 Å². The molecule has 1 fully saturated rings. The maximum absolute atomic E-state index is 12.1. The molecule has 2 atom stereocenters. The van der Waals surface area contributed by atoms with Crippen molar-refractivity contribution in [3.05, 3.63) is 29.3 Å². The molecule has 1 saturated carbocycles. The highest BCUT2D eigenvalue weighted by molar-refractivity contribution is 7.89.